The predicted molar refractivity (Wildman–Crippen MR) is 129 cm³/mol. The lowest BCUT2D eigenvalue weighted by Gasteiger charge is -2.23. The van der Waals surface area contributed by atoms with Crippen molar-refractivity contribution >= 4 is 38.3 Å². The van der Waals surface area contributed by atoms with Crippen LogP contribution in [-0.4, -0.2) is 34.4 Å². The molecule has 0 fully saturated rings. The van der Waals surface area contributed by atoms with Gasteiger partial charge in [-0.2, -0.15) is 10.2 Å². The highest BCUT2D eigenvalue weighted by atomic mass is 32.2. The van der Waals surface area contributed by atoms with Crippen molar-refractivity contribution in [3.63, 3.8) is 0 Å². The second-order valence-electron chi connectivity index (χ2n) is 7.21. The zero-order chi connectivity index (χ0) is 23.1. The van der Waals surface area contributed by atoms with Crippen LogP contribution in [0.15, 0.2) is 81.9 Å². The molecule has 9 heteroatoms. The Morgan fingerprint density at radius 2 is 1.50 bits per heavy atom. The number of rotatable bonds is 9. The summed E-state index contributed by atoms with van der Waals surface area (Å²) in [5, 5.41) is 8.39. The minimum atomic E-state index is -3.23. The summed E-state index contributed by atoms with van der Waals surface area (Å²) in [7, 11) is -3.23. The molecule has 8 nitrogen and oxygen atoms in total. The maximum atomic E-state index is 11.5. The van der Waals surface area contributed by atoms with E-state index in [1.165, 1.54) is 18.4 Å². The van der Waals surface area contributed by atoms with E-state index in [-0.39, 0.29) is 4.90 Å². The largest absolute Gasteiger partial charge is 0.490 e. The summed E-state index contributed by atoms with van der Waals surface area (Å²) in [4.78, 5) is 2.43. The Morgan fingerprint density at radius 3 is 2.06 bits per heavy atom. The molecular weight excluding hydrogens is 426 g/mol. The minimum Gasteiger partial charge on any atom is -0.490 e. The van der Waals surface area contributed by atoms with Crippen LogP contribution in [0, 0.1) is 0 Å². The molecule has 0 heterocycles. The molecule has 0 bridgehead atoms. The number of hydrogen-bond donors (Lipinski definition) is 2. The van der Waals surface area contributed by atoms with Crippen LogP contribution in [0.1, 0.15) is 6.92 Å². The number of nitrogens with two attached hydrogens (primary N) is 2. The van der Waals surface area contributed by atoms with E-state index in [9.17, 15) is 8.42 Å². The maximum Gasteiger partial charge on any atom is 0.175 e. The van der Waals surface area contributed by atoms with E-state index in [1.54, 1.807) is 30.3 Å². The van der Waals surface area contributed by atoms with Gasteiger partial charge in [-0.15, -0.1) is 0 Å². The number of anilines is 3. The minimum absolute atomic E-state index is 0.253. The van der Waals surface area contributed by atoms with Gasteiger partial charge in [-0.25, -0.2) is 8.42 Å². The summed E-state index contributed by atoms with van der Waals surface area (Å²) >= 11 is 0. The first kappa shape index (κ1) is 23.1. The summed E-state index contributed by atoms with van der Waals surface area (Å²) in [6.07, 6.45) is 1.17. The SMILES string of the molecule is CCN(CCOc1cc(N)ccc1N)c1ccc(N=Nc2ccc(S(C)(=O)=O)cc2)cc1. The van der Waals surface area contributed by atoms with Crippen molar-refractivity contribution < 1.29 is 13.2 Å². The molecule has 0 atom stereocenters. The Hall–Kier alpha value is -3.59. The van der Waals surface area contributed by atoms with Crippen LogP contribution in [-0.2, 0) is 9.84 Å². The Morgan fingerprint density at radius 1 is 0.906 bits per heavy atom. The molecule has 0 saturated carbocycles. The monoisotopic (exact) mass is 453 g/mol. The third-order valence-corrected chi connectivity index (χ3v) is 5.93. The van der Waals surface area contributed by atoms with Gasteiger partial charge in [0, 0.05) is 30.2 Å². The number of benzene rings is 3. The van der Waals surface area contributed by atoms with Crippen LogP contribution in [0.3, 0.4) is 0 Å². The highest BCUT2D eigenvalue weighted by molar-refractivity contribution is 7.90. The Labute approximate surface area is 188 Å². The van der Waals surface area contributed by atoms with E-state index in [4.69, 9.17) is 16.2 Å². The van der Waals surface area contributed by atoms with Gasteiger partial charge in [0.15, 0.2) is 9.84 Å². The number of nitrogens with zero attached hydrogens (tertiary/aromatic N) is 3. The zero-order valence-corrected chi connectivity index (χ0v) is 18.9. The quantitative estimate of drug-likeness (QED) is 0.361. The topological polar surface area (TPSA) is 123 Å². The first-order valence-corrected chi connectivity index (χ1v) is 12.0. The second-order valence-corrected chi connectivity index (χ2v) is 9.22. The molecule has 3 rings (SSSR count). The third-order valence-electron chi connectivity index (χ3n) is 4.80. The van der Waals surface area contributed by atoms with Crippen LogP contribution in [0.25, 0.3) is 0 Å². The number of likely N-dealkylation sites (N-methyl/N-ethyl adjacent to an activating group) is 1. The molecule has 4 N–H and O–H groups in total. The molecule has 0 radical (unpaired) electrons. The van der Waals surface area contributed by atoms with Crippen LogP contribution in [0.4, 0.5) is 28.4 Å². The highest BCUT2D eigenvalue weighted by Crippen LogP contribution is 2.25. The number of hydrogen-bond acceptors (Lipinski definition) is 8. The lowest BCUT2D eigenvalue weighted by molar-refractivity contribution is 0.326. The van der Waals surface area contributed by atoms with E-state index >= 15 is 0 Å². The van der Waals surface area contributed by atoms with Gasteiger partial charge in [0.25, 0.3) is 0 Å². The fourth-order valence-electron chi connectivity index (χ4n) is 3.02. The van der Waals surface area contributed by atoms with Crippen molar-refractivity contribution in [2.45, 2.75) is 11.8 Å². The van der Waals surface area contributed by atoms with Crippen molar-refractivity contribution in [1.82, 2.24) is 0 Å². The summed E-state index contributed by atoms with van der Waals surface area (Å²) in [5.41, 5.74) is 15.2. The number of nitrogen functional groups attached to an aromatic ring is 2. The van der Waals surface area contributed by atoms with Gasteiger partial charge < -0.3 is 21.1 Å². The van der Waals surface area contributed by atoms with Crippen molar-refractivity contribution in [1.29, 1.82) is 0 Å². The van der Waals surface area contributed by atoms with Crippen LogP contribution in [0.5, 0.6) is 5.75 Å². The molecule has 0 spiro atoms. The lowest BCUT2D eigenvalue weighted by atomic mass is 10.2. The normalized spacial score (nSPS) is 11.6. The standard InChI is InChI=1S/C23H27N5O3S/c1-3-28(14-15-31-23-16-17(24)4-13-22(23)25)20-9-5-18(6-10-20)26-27-19-7-11-21(12-8-19)32(2,29)30/h4-13,16H,3,14-15,24-25H2,1-2H3. The van der Waals surface area contributed by atoms with E-state index in [0.29, 0.717) is 41.7 Å². The van der Waals surface area contributed by atoms with Crippen molar-refractivity contribution in [3.05, 3.63) is 66.7 Å². The summed E-state index contributed by atoms with van der Waals surface area (Å²) < 4.78 is 28.8. The second kappa shape index (κ2) is 10.1. The number of ether oxygens (including phenoxy) is 1. The van der Waals surface area contributed by atoms with E-state index < -0.39 is 9.84 Å². The summed E-state index contributed by atoms with van der Waals surface area (Å²) in [6, 6.07) is 19.2. The summed E-state index contributed by atoms with van der Waals surface area (Å²) in [6.45, 7) is 4.02. The molecule has 32 heavy (non-hydrogen) atoms. The Kier molecular flexibility index (Phi) is 7.32. The number of sulfone groups is 1. The van der Waals surface area contributed by atoms with E-state index in [0.717, 1.165) is 12.2 Å². The first-order valence-electron chi connectivity index (χ1n) is 10.1. The van der Waals surface area contributed by atoms with Gasteiger partial charge >= 0.3 is 0 Å². The fraction of sp³-hybridized carbons (Fsp3) is 0.217. The van der Waals surface area contributed by atoms with E-state index in [2.05, 4.69) is 22.1 Å². The van der Waals surface area contributed by atoms with E-state index in [1.807, 2.05) is 24.3 Å². The maximum absolute atomic E-state index is 11.5. The Balaban J connectivity index is 1.59. The Bertz CT molecular complexity index is 1180. The smallest absolute Gasteiger partial charge is 0.175 e. The molecule has 0 aliphatic carbocycles. The molecule has 0 aliphatic heterocycles. The molecule has 0 unspecified atom stereocenters. The zero-order valence-electron chi connectivity index (χ0n) is 18.1. The molecule has 0 aromatic heterocycles. The first-order chi connectivity index (χ1) is 15.3. The van der Waals surface area contributed by atoms with Gasteiger partial charge in [0.05, 0.1) is 28.5 Å². The molecule has 0 aliphatic rings. The van der Waals surface area contributed by atoms with Crippen LogP contribution >= 0.6 is 0 Å². The molecular formula is C23H27N5O3S. The number of azo groups is 1. The molecule has 3 aromatic rings. The average molecular weight is 454 g/mol. The van der Waals surface area contributed by atoms with Gasteiger partial charge in [-0.3, -0.25) is 0 Å². The van der Waals surface area contributed by atoms with Gasteiger partial charge in [0.2, 0.25) is 0 Å². The van der Waals surface area contributed by atoms with Crippen LogP contribution < -0.4 is 21.1 Å². The molecule has 168 valence electrons. The molecule has 0 saturated heterocycles. The van der Waals surface area contributed by atoms with Gasteiger partial charge in [0.1, 0.15) is 12.4 Å². The van der Waals surface area contributed by atoms with Crippen molar-refractivity contribution in [2.24, 2.45) is 10.2 Å². The summed E-state index contributed by atoms with van der Waals surface area (Å²) in [5.74, 6) is 0.585. The molecule has 0 amide bonds. The highest BCUT2D eigenvalue weighted by Gasteiger charge is 2.07. The fourth-order valence-corrected chi connectivity index (χ4v) is 3.65. The van der Waals surface area contributed by atoms with Gasteiger partial charge in [-0.05, 0) is 67.6 Å². The average Bonchev–Trinajstić information content (AvgIpc) is 2.78. The van der Waals surface area contributed by atoms with Crippen LogP contribution in [0.2, 0.25) is 0 Å². The van der Waals surface area contributed by atoms with Gasteiger partial charge in [-0.1, -0.05) is 0 Å². The molecule has 3 aromatic carbocycles. The lowest BCUT2D eigenvalue weighted by Crippen LogP contribution is -2.28. The third kappa shape index (κ3) is 6.21. The predicted octanol–water partition coefficient (Wildman–Crippen LogP) is 4.58. The van der Waals surface area contributed by atoms with Crippen molar-refractivity contribution in [2.75, 3.05) is 42.3 Å². The van der Waals surface area contributed by atoms with Crippen molar-refractivity contribution in [3.8, 4) is 5.75 Å².